The van der Waals surface area contributed by atoms with E-state index in [1.807, 2.05) is 32.5 Å². The SMILES string of the molecule is CC#CCC(N)c1c(C)nn(C)c1C. The second-order valence-corrected chi connectivity index (χ2v) is 3.45. The van der Waals surface area contributed by atoms with E-state index in [9.17, 15) is 0 Å². The minimum atomic E-state index is -0.0175. The Morgan fingerprint density at radius 3 is 2.57 bits per heavy atom. The van der Waals surface area contributed by atoms with E-state index in [1.165, 1.54) is 0 Å². The molecule has 3 nitrogen and oxygen atoms in total. The highest BCUT2D eigenvalue weighted by Crippen LogP contribution is 2.20. The smallest absolute Gasteiger partial charge is 0.0644 e. The molecule has 0 amide bonds. The Kier molecular flexibility index (Phi) is 3.32. The maximum Gasteiger partial charge on any atom is 0.0644 e. The first-order valence-electron chi connectivity index (χ1n) is 4.73. The summed E-state index contributed by atoms with van der Waals surface area (Å²) in [6.07, 6.45) is 0.698. The lowest BCUT2D eigenvalue weighted by Gasteiger charge is -2.08. The van der Waals surface area contributed by atoms with Crippen LogP contribution in [0.25, 0.3) is 0 Å². The Balaban J connectivity index is 2.97. The molecule has 1 atom stereocenters. The van der Waals surface area contributed by atoms with Gasteiger partial charge in [-0.2, -0.15) is 5.10 Å². The topological polar surface area (TPSA) is 43.8 Å². The lowest BCUT2D eigenvalue weighted by atomic mass is 10.0. The lowest BCUT2D eigenvalue weighted by molar-refractivity contribution is 0.716. The van der Waals surface area contributed by atoms with Gasteiger partial charge in [0.15, 0.2) is 0 Å². The first kappa shape index (κ1) is 10.8. The number of aryl methyl sites for hydroxylation is 2. The molecule has 3 heteroatoms. The third-order valence-electron chi connectivity index (χ3n) is 2.43. The maximum atomic E-state index is 6.04. The number of nitrogens with zero attached hydrogens (tertiary/aromatic N) is 2. The molecule has 0 radical (unpaired) electrons. The van der Waals surface area contributed by atoms with Crippen LogP contribution in [0.15, 0.2) is 0 Å². The van der Waals surface area contributed by atoms with Gasteiger partial charge in [-0.15, -0.1) is 11.8 Å². The van der Waals surface area contributed by atoms with Crippen LogP contribution in [0.2, 0.25) is 0 Å². The summed E-state index contributed by atoms with van der Waals surface area (Å²) in [7, 11) is 1.93. The van der Waals surface area contributed by atoms with Gasteiger partial charge in [0, 0.05) is 30.8 Å². The van der Waals surface area contributed by atoms with Crippen LogP contribution < -0.4 is 5.73 Å². The number of nitrogens with two attached hydrogens (primary N) is 1. The summed E-state index contributed by atoms with van der Waals surface area (Å²) in [5.41, 5.74) is 9.32. The molecular weight excluding hydrogens is 174 g/mol. The third-order valence-corrected chi connectivity index (χ3v) is 2.43. The maximum absolute atomic E-state index is 6.04. The molecule has 1 unspecified atom stereocenters. The highest BCUT2D eigenvalue weighted by atomic mass is 15.3. The van der Waals surface area contributed by atoms with E-state index < -0.39 is 0 Å². The van der Waals surface area contributed by atoms with Crippen LogP contribution in [-0.4, -0.2) is 9.78 Å². The summed E-state index contributed by atoms with van der Waals surface area (Å²) in [4.78, 5) is 0. The first-order valence-corrected chi connectivity index (χ1v) is 4.73. The standard InChI is InChI=1S/C11H17N3/c1-5-6-7-10(12)11-8(2)13-14(4)9(11)3/h10H,7,12H2,1-4H3. The van der Waals surface area contributed by atoms with Crippen LogP contribution in [0.1, 0.15) is 36.3 Å². The molecule has 2 N–H and O–H groups in total. The molecule has 1 aromatic rings. The molecular formula is C11H17N3. The Labute approximate surface area is 85.3 Å². The summed E-state index contributed by atoms with van der Waals surface area (Å²) in [6, 6.07) is -0.0175. The summed E-state index contributed by atoms with van der Waals surface area (Å²) >= 11 is 0. The summed E-state index contributed by atoms with van der Waals surface area (Å²) < 4.78 is 1.86. The van der Waals surface area contributed by atoms with E-state index in [1.54, 1.807) is 0 Å². The highest BCUT2D eigenvalue weighted by Gasteiger charge is 2.15. The van der Waals surface area contributed by atoms with Crippen LogP contribution in [0.3, 0.4) is 0 Å². The van der Waals surface area contributed by atoms with Gasteiger partial charge in [-0.05, 0) is 20.8 Å². The van der Waals surface area contributed by atoms with Crippen molar-refractivity contribution in [1.82, 2.24) is 9.78 Å². The molecule has 0 aliphatic heterocycles. The lowest BCUT2D eigenvalue weighted by Crippen LogP contribution is -2.11. The van der Waals surface area contributed by atoms with Crippen LogP contribution in [-0.2, 0) is 7.05 Å². The second-order valence-electron chi connectivity index (χ2n) is 3.45. The van der Waals surface area contributed by atoms with Crippen molar-refractivity contribution in [3.8, 4) is 11.8 Å². The van der Waals surface area contributed by atoms with Crippen LogP contribution in [0.5, 0.6) is 0 Å². The van der Waals surface area contributed by atoms with Gasteiger partial charge in [0.1, 0.15) is 0 Å². The Morgan fingerprint density at radius 1 is 1.50 bits per heavy atom. The second kappa shape index (κ2) is 4.30. The Hall–Kier alpha value is -1.27. The zero-order valence-corrected chi connectivity index (χ0v) is 9.26. The van der Waals surface area contributed by atoms with Gasteiger partial charge in [-0.25, -0.2) is 0 Å². The molecule has 0 saturated heterocycles. The summed E-state index contributed by atoms with van der Waals surface area (Å²) in [5.74, 6) is 5.86. The Morgan fingerprint density at radius 2 is 2.14 bits per heavy atom. The molecule has 0 fully saturated rings. The molecule has 76 valence electrons. The molecule has 1 heterocycles. The van der Waals surface area contributed by atoms with E-state index in [2.05, 4.69) is 16.9 Å². The van der Waals surface area contributed by atoms with Crippen molar-refractivity contribution < 1.29 is 0 Å². The largest absolute Gasteiger partial charge is 0.323 e. The Bertz CT molecular complexity index is 379. The van der Waals surface area contributed by atoms with Gasteiger partial charge in [0.05, 0.1) is 5.69 Å². The average molecular weight is 191 g/mol. The zero-order chi connectivity index (χ0) is 10.7. The molecule has 1 aromatic heterocycles. The summed E-state index contributed by atoms with van der Waals surface area (Å²) in [5, 5.41) is 4.33. The van der Waals surface area contributed by atoms with Gasteiger partial charge in [-0.3, -0.25) is 4.68 Å². The monoisotopic (exact) mass is 191 g/mol. The van der Waals surface area contributed by atoms with Gasteiger partial charge < -0.3 is 5.73 Å². The summed E-state index contributed by atoms with van der Waals surface area (Å²) in [6.45, 7) is 5.85. The molecule has 1 rings (SSSR count). The van der Waals surface area contributed by atoms with Crippen molar-refractivity contribution in [3.63, 3.8) is 0 Å². The number of aromatic nitrogens is 2. The zero-order valence-electron chi connectivity index (χ0n) is 9.26. The van der Waals surface area contributed by atoms with Crippen molar-refractivity contribution in [3.05, 3.63) is 17.0 Å². The van der Waals surface area contributed by atoms with Crippen molar-refractivity contribution in [2.45, 2.75) is 33.2 Å². The number of hydrogen-bond acceptors (Lipinski definition) is 2. The minimum absolute atomic E-state index is 0.0175. The fourth-order valence-electron chi connectivity index (χ4n) is 1.64. The van der Waals surface area contributed by atoms with Crippen LogP contribution in [0.4, 0.5) is 0 Å². The van der Waals surface area contributed by atoms with Crippen molar-refractivity contribution in [2.24, 2.45) is 12.8 Å². The molecule has 14 heavy (non-hydrogen) atoms. The molecule has 0 saturated carbocycles. The van der Waals surface area contributed by atoms with E-state index in [-0.39, 0.29) is 6.04 Å². The van der Waals surface area contributed by atoms with Crippen molar-refractivity contribution in [2.75, 3.05) is 0 Å². The average Bonchev–Trinajstić information content (AvgIpc) is 2.38. The fourth-order valence-corrected chi connectivity index (χ4v) is 1.64. The molecule has 0 aliphatic rings. The number of rotatable bonds is 2. The van der Waals surface area contributed by atoms with Crippen LogP contribution in [0, 0.1) is 25.7 Å². The quantitative estimate of drug-likeness (QED) is 0.719. The van der Waals surface area contributed by atoms with E-state index in [0.717, 1.165) is 17.0 Å². The van der Waals surface area contributed by atoms with Crippen LogP contribution >= 0.6 is 0 Å². The van der Waals surface area contributed by atoms with Crippen molar-refractivity contribution in [1.29, 1.82) is 0 Å². The molecule has 0 bridgehead atoms. The predicted molar refractivity (Wildman–Crippen MR) is 57.7 cm³/mol. The first-order chi connectivity index (χ1) is 6.57. The van der Waals surface area contributed by atoms with E-state index in [4.69, 9.17) is 5.73 Å². The van der Waals surface area contributed by atoms with Crippen molar-refractivity contribution >= 4 is 0 Å². The fraction of sp³-hybridized carbons (Fsp3) is 0.545. The molecule has 0 spiro atoms. The van der Waals surface area contributed by atoms with Gasteiger partial charge in [-0.1, -0.05) is 0 Å². The molecule has 0 aliphatic carbocycles. The molecule has 0 aromatic carbocycles. The number of hydrogen-bond donors (Lipinski definition) is 1. The van der Waals surface area contributed by atoms with E-state index in [0.29, 0.717) is 6.42 Å². The normalized spacial score (nSPS) is 12.1. The van der Waals surface area contributed by atoms with Gasteiger partial charge in [0.25, 0.3) is 0 Å². The minimum Gasteiger partial charge on any atom is -0.323 e. The third kappa shape index (κ3) is 1.97. The predicted octanol–water partition coefficient (Wildman–Crippen LogP) is 1.45. The van der Waals surface area contributed by atoms with Gasteiger partial charge >= 0.3 is 0 Å². The van der Waals surface area contributed by atoms with E-state index >= 15 is 0 Å². The highest BCUT2D eigenvalue weighted by molar-refractivity contribution is 5.28. The van der Waals surface area contributed by atoms with Gasteiger partial charge in [0.2, 0.25) is 0 Å².